The largest absolute Gasteiger partial charge is 0.467 e. The van der Waals surface area contributed by atoms with Gasteiger partial charge >= 0.3 is 5.97 Å². The van der Waals surface area contributed by atoms with Gasteiger partial charge in [-0.15, -0.1) is 11.3 Å². The van der Waals surface area contributed by atoms with Crippen LogP contribution in [0.5, 0.6) is 0 Å². The lowest BCUT2D eigenvalue weighted by molar-refractivity contribution is -0.146. The van der Waals surface area contributed by atoms with Gasteiger partial charge in [0.05, 0.1) is 15.8 Å². The van der Waals surface area contributed by atoms with Gasteiger partial charge in [-0.3, -0.25) is 4.79 Å². The number of esters is 1. The molecule has 7 heteroatoms. The Hall–Kier alpha value is -0.400. The van der Waals surface area contributed by atoms with Gasteiger partial charge in [-0.2, -0.15) is 0 Å². The van der Waals surface area contributed by atoms with Crippen LogP contribution in [0.25, 0.3) is 0 Å². The quantitative estimate of drug-likeness (QED) is 0.815. The maximum atomic E-state index is 11.9. The summed E-state index contributed by atoms with van der Waals surface area (Å²) in [6.07, 6.45) is 0. The van der Waals surface area contributed by atoms with Crippen molar-refractivity contribution in [3.05, 3.63) is 19.2 Å². The van der Waals surface area contributed by atoms with Crippen molar-refractivity contribution in [1.29, 1.82) is 0 Å². The minimum atomic E-state index is -1.05. The maximum Gasteiger partial charge on any atom is 0.330 e. The molecule has 1 rings (SSSR count). The van der Waals surface area contributed by atoms with E-state index < -0.39 is 11.5 Å². The molecule has 0 bridgehead atoms. The number of hydrogen-bond acceptors (Lipinski definition) is 4. The van der Waals surface area contributed by atoms with Crippen molar-refractivity contribution < 1.29 is 14.3 Å². The van der Waals surface area contributed by atoms with Gasteiger partial charge in [0.2, 0.25) is 0 Å². The molecule has 0 saturated carbocycles. The van der Waals surface area contributed by atoms with Crippen molar-refractivity contribution in [2.75, 3.05) is 7.11 Å². The molecule has 1 aromatic heterocycles. The van der Waals surface area contributed by atoms with Crippen molar-refractivity contribution in [2.24, 2.45) is 0 Å². The minimum absolute atomic E-state index is 0.309. The molecule has 0 unspecified atom stereocenters. The van der Waals surface area contributed by atoms with E-state index in [2.05, 4.69) is 41.9 Å². The van der Waals surface area contributed by atoms with Crippen LogP contribution in [0.1, 0.15) is 23.5 Å². The number of halogens is 2. The van der Waals surface area contributed by atoms with Gasteiger partial charge in [-0.05, 0) is 51.8 Å². The Morgan fingerprint density at radius 3 is 2.41 bits per heavy atom. The van der Waals surface area contributed by atoms with Gasteiger partial charge < -0.3 is 10.1 Å². The molecule has 0 saturated heterocycles. The number of ether oxygens (including phenoxy) is 1. The van der Waals surface area contributed by atoms with Gasteiger partial charge in [-0.1, -0.05) is 0 Å². The minimum Gasteiger partial charge on any atom is -0.467 e. The molecule has 1 heterocycles. The number of thiophene rings is 1. The van der Waals surface area contributed by atoms with Gasteiger partial charge in [0.1, 0.15) is 5.54 Å². The van der Waals surface area contributed by atoms with Crippen LogP contribution in [-0.4, -0.2) is 24.5 Å². The average molecular weight is 385 g/mol. The normalized spacial score (nSPS) is 11.1. The Morgan fingerprint density at radius 1 is 1.41 bits per heavy atom. The third-order valence-corrected chi connectivity index (χ3v) is 5.25. The predicted octanol–water partition coefficient (Wildman–Crippen LogP) is 2.95. The molecule has 0 aliphatic heterocycles. The molecule has 0 aliphatic rings. The summed E-state index contributed by atoms with van der Waals surface area (Å²) in [6, 6.07) is 1.69. The summed E-state index contributed by atoms with van der Waals surface area (Å²) >= 11 is 7.89. The smallest absolute Gasteiger partial charge is 0.330 e. The predicted molar refractivity (Wildman–Crippen MR) is 73.3 cm³/mol. The molecule has 17 heavy (non-hydrogen) atoms. The van der Waals surface area contributed by atoms with E-state index in [9.17, 15) is 9.59 Å². The first-order valence-corrected chi connectivity index (χ1v) is 7.04. The Bertz CT molecular complexity index is 437. The van der Waals surface area contributed by atoms with E-state index >= 15 is 0 Å². The van der Waals surface area contributed by atoms with Crippen LogP contribution in [0, 0.1) is 0 Å². The molecule has 4 nitrogen and oxygen atoms in total. The highest BCUT2D eigenvalue weighted by Crippen LogP contribution is 2.32. The monoisotopic (exact) mass is 383 g/mol. The highest BCUT2D eigenvalue weighted by atomic mass is 79.9. The summed E-state index contributed by atoms with van der Waals surface area (Å²) in [6.45, 7) is 3.18. The van der Waals surface area contributed by atoms with E-state index in [-0.39, 0.29) is 5.91 Å². The number of carbonyl (C=O) groups excluding carboxylic acids is 2. The Labute approximate surface area is 120 Å². The molecule has 0 fully saturated rings. The second-order valence-electron chi connectivity index (χ2n) is 3.80. The zero-order valence-electron chi connectivity index (χ0n) is 9.47. The molecule has 1 N–H and O–H groups in total. The fourth-order valence-corrected chi connectivity index (χ4v) is 3.04. The molecular formula is C10H11Br2NO3S. The SMILES string of the molecule is COC(=O)C(C)(C)NC(=O)c1cc(Br)c(Br)s1. The summed E-state index contributed by atoms with van der Waals surface area (Å²) in [5, 5.41) is 2.62. The maximum absolute atomic E-state index is 11.9. The topological polar surface area (TPSA) is 55.4 Å². The van der Waals surface area contributed by atoms with Crippen LogP contribution in [0.2, 0.25) is 0 Å². The zero-order chi connectivity index (χ0) is 13.2. The van der Waals surface area contributed by atoms with Crippen LogP contribution in [0.15, 0.2) is 14.3 Å². The summed E-state index contributed by atoms with van der Waals surface area (Å²) < 4.78 is 6.25. The summed E-state index contributed by atoms with van der Waals surface area (Å²) in [4.78, 5) is 23.8. The second kappa shape index (κ2) is 5.49. The second-order valence-corrected chi connectivity index (χ2v) is 7.03. The summed E-state index contributed by atoms with van der Waals surface area (Å²) in [5.74, 6) is -0.794. The third-order valence-electron chi connectivity index (χ3n) is 1.99. The number of nitrogens with one attached hydrogen (secondary N) is 1. The van der Waals surface area contributed by atoms with Crippen molar-refractivity contribution in [1.82, 2.24) is 5.32 Å². The number of carbonyl (C=O) groups is 2. The lowest BCUT2D eigenvalue weighted by atomic mass is 10.1. The van der Waals surface area contributed by atoms with Gasteiger partial charge in [0.15, 0.2) is 0 Å². The van der Waals surface area contributed by atoms with Crippen LogP contribution < -0.4 is 5.32 Å². The van der Waals surface area contributed by atoms with Crippen LogP contribution >= 0.6 is 43.2 Å². The molecule has 0 aromatic carbocycles. The molecule has 94 valence electrons. The zero-order valence-corrected chi connectivity index (χ0v) is 13.5. The molecule has 0 radical (unpaired) electrons. The van der Waals surface area contributed by atoms with Crippen LogP contribution in [0.4, 0.5) is 0 Å². The lowest BCUT2D eigenvalue weighted by Gasteiger charge is -2.22. The molecule has 0 spiro atoms. The molecular weight excluding hydrogens is 374 g/mol. The van der Waals surface area contributed by atoms with E-state index in [4.69, 9.17) is 0 Å². The number of rotatable bonds is 3. The van der Waals surface area contributed by atoms with E-state index in [1.54, 1.807) is 19.9 Å². The van der Waals surface area contributed by atoms with Crippen LogP contribution in [0.3, 0.4) is 0 Å². The number of hydrogen-bond donors (Lipinski definition) is 1. The Kier molecular flexibility index (Phi) is 4.74. The molecule has 1 aromatic rings. The molecule has 0 aliphatic carbocycles. The van der Waals surface area contributed by atoms with E-state index in [0.717, 1.165) is 8.26 Å². The van der Waals surface area contributed by atoms with Gasteiger partial charge in [0.25, 0.3) is 5.91 Å². The summed E-state index contributed by atoms with van der Waals surface area (Å²) in [7, 11) is 1.29. The summed E-state index contributed by atoms with van der Waals surface area (Å²) in [5.41, 5.74) is -1.05. The van der Waals surface area contributed by atoms with Crippen molar-refractivity contribution in [3.63, 3.8) is 0 Å². The van der Waals surface area contributed by atoms with Crippen molar-refractivity contribution in [2.45, 2.75) is 19.4 Å². The van der Waals surface area contributed by atoms with Crippen LogP contribution in [-0.2, 0) is 9.53 Å². The molecule has 0 atom stereocenters. The fourth-order valence-electron chi connectivity index (χ4n) is 1.11. The Balaban J connectivity index is 2.82. The fraction of sp³-hybridized carbons (Fsp3) is 0.400. The highest BCUT2D eigenvalue weighted by Gasteiger charge is 2.31. The first-order valence-electron chi connectivity index (χ1n) is 4.63. The standard InChI is InChI=1S/C10H11Br2NO3S/c1-10(2,9(15)16-3)13-8(14)6-4-5(11)7(12)17-6/h4H,1-3H3,(H,13,14). The average Bonchev–Trinajstić information content (AvgIpc) is 2.57. The Morgan fingerprint density at radius 2 is 2.00 bits per heavy atom. The first-order chi connectivity index (χ1) is 7.77. The van der Waals surface area contributed by atoms with Crippen molar-refractivity contribution >= 4 is 55.1 Å². The lowest BCUT2D eigenvalue weighted by Crippen LogP contribution is -2.50. The van der Waals surface area contributed by atoms with E-state index in [1.807, 2.05) is 0 Å². The number of methoxy groups -OCH3 is 1. The van der Waals surface area contributed by atoms with Crippen molar-refractivity contribution in [3.8, 4) is 0 Å². The third kappa shape index (κ3) is 3.53. The first kappa shape index (κ1) is 14.7. The van der Waals surface area contributed by atoms with Gasteiger partial charge in [-0.25, -0.2) is 4.79 Å². The number of amides is 1. The highest BCUT2D eigenvalue weighted by molar-refractivity contribution is 9.13. The molecule has 1 amide bonds. The van der Waals surface area contributed by atoms with E-state index in [1.165, 1.54) is 18.4 Å². The van der Waals surface area contributed by atoms with Gasteiger partial charge in [0, 0.05) is 4.47 Å². The van der Waals surface area contributed by atoms with E-state index in [0.29, 0.717) is 4.88 Å².